The van der Waals surface area contributed by atoms with Gasteiger partial charge in [0.1, 0.15) is 13.1 Å². The monoisotopic (exact) mass is 348 g/mol. The Hall–Kier alpha value is 0.314. The smallest absolute Gasteiger partial charge is 0.184 e. The number of unbranched alkanes of at least 4 members (excludes halogenated alkanes) is 3. The van der Waals surface area contributed by atoms with Crippen molar-refractivity contribution in [3.05, 3.63) is 0 Å². The van der Waals surface area contributed by atoms with Crippen LogP contribution in [0.2, 0.25) is 39.3 Å². The molecule has 0 atom stereocenters. The van der Waals surface area contributed by atoms with Crippen LogP contribution < -0.4 is 0 Å². The summed E-state index contributed by atoms with van der Waals surface area (Å²) in [4.78, 5) is 0. The zero-order valence-corrected chi connectivity index (χ0v) is 18.6. The Balaban J connectivity index is 4.33. The van der Waals surface area contributed by atoms with E-state index >= 15 is 0 Å². The molecule has 0 aliphatic carbocycles. The largest absolute Gasteiger partial charge is 0.412 e. The van der Waals surface area contributed by atoms with Crippen molar-refractivity contribution < 1.29 is 13.3 Å². The topological polar surface area (TPSA) is 18.5 Å². The van der Waals surface area contributed by atoms with Gasteiger partial charge in [-0.25, -0.2) is 0 Å². The molecule has 0 amide bonds. The Kier molecular flexibility index (Phi) is 10.4. The standard InChI is InChI=1S/C17H42NO2Si2/c1-9-10-11-12-13-18(2,14-16-19-21(3,4)5)15-17-20-22(6,7)8/h9-17H2,1-8H3/q+1. The van der Waals surface area contributed by atoms with Crippen molar-refractivity contribution in [2.45, 2.75) is 71.9 Å². The summed E-state index contributed by atoms with van der Waals surface area (Å²) in [6, 6.07) is 0. The van der Waals surface area contributed by atoms with Crippen molar-refractivity contribution in [1.82, 2.24) is 0 Å². The van der Waals surface area contributed by atoms with E-state index in [0.717, 1.165) is 30.8 Å². The highest BCUT2D eigenvalue weighted by Crippen LogP contribution is 2.11. The first-order chi connectivity index (χ1) is 9.97. The van der Waals surface area contributed by atoms with Gasteiger partial charge >= 0.3 is 0 Å². The van der Waals surface area contributed by atoms with Crippen LogP contribution in [-0.2, 0) is 8.85 Å². The van der Waals surface area contributed by atoms with E-state index in [9.17, 15) is 0 Å². The second kappa shape index (κ2) is 10.2. The predicted octanol–water partition coefficient (Wildman–Crippen LogP) is 4.72. The van der Waals surface area contributed by atoms with E-state index in [-0.39, 0.29) is 0 Å². The molecule has 22 heavy (non-hydrogen) atoms. The van der Waals surface area contributed by atoms with E-state index in [4.69, 9.17) is 8.85 Å². The summed E-state index contributed by atoms with van der Waals surface area (Å²) in [5.74, 6) is 0. The van der Waals surface area contributed by atoms with Gasteiger partial charge in [-0.15, -0.1) is 0 Å². The lowest BCUT2D eigenvalue weighted by Gasteiger charge is -2.36. The van der Waals surface area contributed by atoms with Crippen LogP contribution in [0.1, 0.15) is 32.6 Å². The van der Waals surface area contributed by atoms with E-state index in [1.807, 2.05) is 0 Å². The molecule has 0 fully saturated rings. The van der Waals surface area contributed by atoms with E-state index < -0.39 is 16.6 Å². The normalized spacial score (nSPS) is 13.6. The highest BCUT2D eigenvalue weighted by molar-refractivity contribution is 6.70. The highest BCUT2D eigenvalue weighted by atomic mass is 28.4. The van der Waals surface area contributed by atoms with Gasteiger partial charge in [-0.05, 0) is 52.1 Å². The van der Waals surface area contributed by atoms with Gasteiger partial charge < -0.3 is 13.3 Å². The van der Waals surface area contributed by atoms with Crippen molar-refractivity contribution >= 4 is 16.6 Å². The van der Waals surface area contributed by atoms with Crippen LogP contribution >= 0.6 is 0 Å². The summed E-state index contributed by atoms with van der Waals surface area (Å²) in [6.07, 6.45) is 5.34. The third-order valence-electron chi connectivity index (χ3n) is 3.88. The lowest BCUT2D eigenvalue weighted by Crippen LogP contribution is -2.50. The Labute approximate surface area is 142 Å². The number of nitrogens with zero attached hydrogens (tertiary/aromatic N) is 1. The van der Waals surface area contributed by atoms with Crippen molar-refractivity contribution in [3.8, 4) is 0 Å². The fourth-order valence-corrected chi connectivity index (χ4v) is 3.81. The van der Waals surface area contributed by atoms with Gasteiger partial charge in [-0.3, -0.25) is 0 Å². The van der Waals surface area contributed by atoms with Crippen LogP contribution in [0.5, 0.6) is 0 Å². The van der Waals surface area contributed by atoms with Crippen LogP contribution in [0, 0.1) is 0 Å². The fourth-order valence-electron chi connectivity index (χ4n) is 2.40. The van der Waals surface area contributed by atoms with E-state index in [1.165, 1.54) is 32.2 Å². The van der Waals surface area contributed by atoms with Crippen LogP contribution in [-0.4, -0.2) is 61.0 Å². The van der Waals surface area contributed by atoms with Gasteiger partial charge in [0, 0.05) is 0 Å². The Morgan fingerprint density at radius 2 is 1.14 bits per heavy atom. The number of hydrogen-bond donors (Lipinski definition) is 0. The maximum atomic E-state index is 6.09. The number of quaternary nitrogens is 1. The van der Waals surface area contributed by atoms with Gasteiger partial charge in [0.25, 0.3) is 0 Å². The van der Waals surface area contributed by atoms with Crippen LogP contribution in [0.15, 0.2) is 0 Å². The molecule has 0 unspecified atom stereocenters. The molecule has 0 N–H and O–H groups in total. The first-order valence-corrected chi connectivity index (χ1v) is 15.9. The molecule has 5 heteroatoms. The summed E-state index contributed by atoms with van der Waals surface area (Å²) >= 11 is 0. The average molecular weight is 349 g/mol. The summed E-state index contributed by atoms with van der Waals surface area (Å²) in [7, 11) is -0.411. The lowest BCUT2D eigenvalue weighted by molar-refractivity contribution is -0.910. The highest BCUT2D eigenvalue weighted by Gasteiger charge is 2.24. The van der Waals surface area contributed by atoms with Crippen LogP contribution in [0.25, 0.3) is 0 Å². The maximum absolute atomic E-state index is 6.09. The first kappa shape index (κ1) is 22.3. The van der Waals surface area contributed by atoms with Gasteiger partial charge in [-0.2, -0.15) is 0 Å². The van der Waals surface area contributed by atoms with Crippen molar-refractivity contribution in [2.24, 2.45) is 0 Å². The molecule has 0 spiro atoms. The molecular weight excluding hydrogens is 306 g/mol. The molecule has 3 nitrogen and oxygen atoms in total. The summed E-state index contributed by atoms with van der Waals surface area (Å²) in [5, 5.41) is 0. The molecule has 0 aromatic heterocycles. The third kappa shape index (κ3) is 13.9. The zero-order chi connectivity index (χ0) is 17.3. The Bertz CT molecular complexity index is 265. The molecule has 0 aliphatic heterocycles. The zero-order valence-electron chi connectivity index (χ0n) is 16.6. The van der Waals surface area contributed by atoms with Gasteiger partial charge in [0.2, 0.25) is 0 Å². The summed E-state index contributed by atoms with van der Waals surface area (Å²) in [5.41, 5.74) is 0. The van der Waals surface area contributed by atoms with Crippen LogP contribution in [0.4, 0.5) is 0 Å². The van der Waals surface area contributed by atoms with Gasteiger partial charge in [0.15, 0.2) is 16.6 Å². The minimum Gasteiger partial charge on any atom is -0.412 e. The molecule has 0 rings (SSSR count). The molecule has 0 bridgehead atoms. The summed E-state index contributed by atoms with van der Waals surface area (Å²) < 4.78 is 13.3. The number of rotatable bonds is 13. The third-order valence-corrected chi connectivity index (χ3v) is 6.02. The molecule has 0 aromatic carbocycles. The van der Waals surface area contributed by atoms with Crippen molar-refractivity contribution in [2.75, 3.05) is 39.9 Å². The van der Waals surface area contributed by atoms with Crippen molar-refractivity contribution in [3.63, 3.8) is 0 Å². The molecule has 0 saturated carbocycles. The summed E-state index contributed by atoms with van der Waals surface area (Å²) in [6.45, 7) is 21.2. The molecule has 0 saturated heterocycles. The number of hydrogen-bond acceptors (Lipinski definition) is 2. The fraction of sp³-hybridized carbons (Fsp3) is 1.00. The Morgan fingerprint density at radius 3 is 1.50 bits per heavy atom. The molecule has 0 radical (unpaired) electrons. The predicted molar refractivity (Wildman–Crippen MR) is 104 cm³/mol. The van der Waals surface area contributed by atoms with Crippen molar-refractivity contribution in [1.29, 1.82) is 0 Å². The molecule has 134 valence electrons. The minimum atomic E-state index is -1.40. The Morgan fingerprint density at radius 1 is 0.682 bits per heavy atom. The molecular formula is C17H42NO2Si2+. The molecule has 0 heterocycles. The van der Waals surface area contributed by atoms with Crippen LogP contribution in [0.3, 0.4) is 0 Å². The SMILES string of the molecule is CCCCCC[N+](C)(CCO[Si](C)(C)C)CCO[Si](C)(C)C. The maximum Gasteiger partial charge on any atom is 0.184 e. The lowest BCUT2D eigenvalue weighted by atomic mass is 10.2. The van der Waals surface area contributed by atoms with E-state index in [0.29, 0.717) is 0 Å². The second-order valence-electron chi connectivity index (χ2n) is 8.77. The van der Waals surface area contributed by atoms with E-state index in [2.05, 4.69) is 53.3 Å². The molecule has 0 aromatic rings. The molecule has 0 aliphatic rings. The van der Waals surface area contributed by atoms with Gasteiger partial charge in [-0.1, -0.05) is 19.8 Å². The minimum absolute atomic E-state index is 0.896. The number of likely N-dealkylation sites (N-methyl/N-ethyl adjacent to an activating group) is 1. The van der Waals surface area contributed by atoms with Gasteiger partial charge in [0.05, 0.1) is 26.8 Å². The van der Waals surface area contributed by atoms with E-state index in [1.54, 1.807) is 0 Å². The second-order valence-corrected chi connectivity index (χ2v) is 17.8. The quantitative estimate of drug-likeness (QED) is 0.272. The average Bonchev–Trinajstić information content (AvgIpc) is 2.31. The first-order valence-electron chi connectivity index (χ1n) is 9.09.